The van der Waals surface area contributed by atoms with E-state index in [1.165, 1.54) is 12.1 Å². The first-order valence-corrected chi connectivity index (χ1v) is 7.74. The third kappa shape index (κ3) is 3.33. The molecular weight excluding hydrogens is 284 g/mol. The molecule has 0 aliphatic rings. The van der Waals surface area contributed by atoms with Gasteiger partial charge in [0.05, 0.1) is 10.6 Å². The quantitative estimate of drug-likeness (QED) is 0.943. The summed E-state index contributed by atoms with van der Waals surface area (Å²) in [6.45, 7) is 0.0681. The molecule has 0 aromatic heterocycles. The van der Waals surface area contributed by atoms with E-state index in [2.05, 4.69) is 5.32 Å². The number of hydrogen-bond acceptors (Lipinski definition) is 3. The Morgan fingerprint density at radius 2 is 1.80 bits per heavy atom. The molecule has 0 unspecified atom stereocenters. The fraction of sp³-hybridized carbons (Fsp3) is 0.143. The fourth-order valence-electron chi connectivity index (χ4n) is 1.79. The van der Waals surface area contributed by atoms with Crippen molar-refractivity contribution < 1.29 is 17.2 Å². The van der Waals surface area contributed by atoms with Gasteiger partial charge in [-0.05, 0) is 18.2 Å². The first-order chi connectivity index (χ1) is 9.38. The average molecular weight is 297 g/mol. The van der Waals surface area contributed by atoms with Gasteiger partial charge < -0.3 is 5.32 Å². The van der Waals surface area contributed by atoms with Crippen molar-refractivity contribution in [1.82, 2.24) is 0 Å². The zero-order chi connectivity index (χ0) is 14.8. The number of rotatable bonds is 4. The number of para-hydroxylation sites is 1. The normalized spacial score (nSPS) is 11.3. The van der Waals surface area contributed by atoms with Crippen LogP contribution in [0.1, 0.15) is 5.56 Å². The number of nitrogens with one attached hydrogen (secondary N) is 1. The lowest BCUT2D eigenvalue weighted by atomic mass is 10.2. The van der Waals surface area contributed by atoms with Crippen LogP contribution in [-0.2, 0) is 16.4 Å². The highest BCUT2D eigenvalue weighted by Gasteiger charge is 2.12. The van der Waals surface area contributed by atoms with Crippen LogP contribution in [0.2, 0.25) is 0 Å². The van der Waals surface area contributed by atoms with E-state index in [1.54, 1.807) is 18.2 Å². The fourth-order valence-corrected chi connectivity index (χ4v) is 2.66. The summed E-state index contributed by atoms with van der Waals surface area (Å²) in [7, 11) is -3.37. The molecule has 0 spiro atoms. The van der Waals surface area contributed by atoms with Crippen molar-refractivity contribution >= 4 is 15.5 Å². The van der Waals surface area contributed by atoms with E-state index in [9.17, 15) is 17.2 Å². The van der Waals surface area contributed by atoms with Crippen molar-refractivity contribution in [2.75, 3.05) is 11.6 Å². The third-order valence-corrected chi connectivity index (χ3v) is 3.93. The Balaban J connectivity index is 2.24. The van der Waals surface area contributed by atoms with Gasteiger partial charge in [-0.2, -0.15) is 0 Å². The molecule has 6 heteroatoms. The van der Waals surface area contributed by atoms with Crippen molar-refractivity contribution in [3.05, 3.63) is 59.7 Å². The zero-order valence-electron chi connectivity index (χ0n) is 10.7. The standard InChI is InChI=1S/C14H13F2NO2S/c1-20(18,19)14-5-3-2-4-13(14)17-9-10-6-7-11(15)8-12(10)16/h2-8,17H,9H2,1H3. The molecule has 0 aliphatic heterocycles. The summed E-state index contributed by atoms with van der Waals surface area (Å²) in [6.07, 6.45) is 1.10. The molecule has 0 radical (unpaired) electrons. The maximum absolute atomic E-state index is 13.5. The number of halogens is 2. The minimum atomic E-state index is -3.37. The number of sulfone groups is 1. The summed E-state index contributed by atoms with van der Waals surface area (Å²) in [5, 5.41) is 2.85. The van der Waals surface area contributed by atoms with Crippen LogP contribution in [0.5, 0.6) is 0 Å². The number of hydrogen-bond donors (Lipinski definition) is 1. The molecule has 0 saturated carbocycles. The predicted molar refractivity (Wildman–Crippen MR) is 73.2 cm³/mol. The first-order valence-electron chi connectivity index (χ1n) is 5.85. The second kappa shape index (κ2) is 5.58. The Bertz CT molecular complexity index is 730. The molecule has 0 fully saturated rings. The summed E-state index contributed by atoms with van der Waals surface area (Å²) in [5.74, 6) is -1.32. The molecule has 0 bridgehead atoms. The zero-order valence-corrected chi connectivity index (χ0v) is 11.5. The van der Waals surface area contributed by atoms with Gasteiger partial charge in [-0.3, -0.25) is 0 Å². The van der Waals surface area contributed by atoms with E-state index in [0.717, 1.165) is 18.4 Å². The van der Waals surface area contributed by atoms with Crippen LogP contribution in [0.25, 0.3) is 0 Å². The Labute approximate surface area is 116 Å². The number of anilines is 1. The van der Waals surface area contributed by atoms with E-state index in [1.807, 2.05) is 0 Å². The summed E-state index contributed by atoms with van der Waals surface area (Å²) < 4.78 is 49.5. The minimum Gasteiger partial charge on any atom is -0.380 e. The molecular formula is C14H13F2NO2S. The number of benzene rings is 2. The Hall–Kier alpha value is -1.95. The topological polar surface area (TPSA) is 46.2 Å². The molecule has 2 aromatic carbocycles. The molecule has 3 nitrogen and oxygen atoms in total. The maximum Gasteiger partial charge on any atom is 0.177 e. The van der Waals surface area contributed by atoms with Gasteiger partial charge in [-0.25, -0.2) is 17.2 Å². The molecule has 106 valence electrons. The van der Waals surface area contributed by atoms with Crippen molar-refractivity contribution in [2.45, 2.75) is 11.4 Å². The Morgan fingerprint density at radius 1 is 1.10 bits per heavy atom. The van der Waals surface area contributed by atoms with Gasteiger partial charge in [-0.1, -0.05) is 18.2 Å². The van der Waals surface area contributed by atoms with Crippen molar-refractivity contribution in [3.8, 4) is 0 Å². The van der Waals surface area contributed by atoms with Crippen LogP contribution in [-0.4, -0.2) is 14.7 Å². The van der Waals surface area contributed by atoms with Crippen LogP contribution in [0, 0.1) is 11.6 Å². The SMILES string of the molecule is CS(=O)(=O)c1ccccc1NCc1ccc(F)cc1F. The third-order valence-electron chi connectivity index (χ3n) is 2.77. The summed E-state index contributed by atoms with van der Waals surface area (Å²) in [4.78, 5) is 0.141. The lowest BCUT2D eigenvalue weighted by molar-refractivity contribution is 0.574. The Morgan fingerprint density at radius 3 is 2.45 bits per heavy atom. The summed E-state index contributed by atoms with van der Waals surface area (Å²) in [6, 6.07) is 9.62. The highest BCUT2D eigenvalue weighted by atomic mass is 32.2. The molecule has 1 N–H and O–H groups in total. The lowest BCUT2D eigenvalue weighted by Crippen LogP contribution is -2.07. The Kier molecular flexibility index (Phi) is 4.04. The highest BCUT2D eigenvalue weighted by Crippen LogP contribution is 2.21. The van der Waals surface area contributed by atoms with E-state index >= 15 is 0 Å². The maximum atomic E-state index is 13.5. The molecule has 0 amide bonds. The van der Waals surface area contributed by atoms with Crippen LogP contribution in [0.3, 0.4) is 0 Å². The molecule has 0 saturated heterocycles. The van der Waals surface area contributed by atoms with E-state index in [4.69, 9.17) is 0 Å². The van der Waals surface area contributed by atoms with Gasteiger partial charge in [0.15, 0.2) is 9.84 Å². The molecule has 0 aliphatic carbocycles. The van der Waals surface area contributed by atoms with E-state index < -0.39 is 21.5 Å². The lowest BCUT2D eigenvalue weighted by Gasteiger charge is -2.11. The first kappa shape index (κ1) is 14.5. The largest absolute Gasteiger partial charge is 0.380 e. The summed E-state index contributed by atoms with van der Waals surface area (Å²) in [5.41, 5.74) is 0.647. The smallest absolute Gasteiger partial charge is 0.177 e. The molecule has 0 heterocycles. The second-order valence-electron chi connectivity index (χ2n) is 4.36. The molecule has 2 rings (SSSR count). The summed E-state index contributed by atoms with van der Waals surface area (Å²) >= 11 is 0. The average Bonchev–Trinajstić information content (AvgIpc) is 2.37. The molecule has 20 heavy (non-hydrogen) atoms. The molecule has 0 atom stereocenters. The van der Waals surface area contributed by atoms with Gasteiger partial charge in [-0.15, -0.1) is 0 Å². The monoisotopic (exact) mass is 297 g/mol. The highest BCUT2D eigenvalue weighted by molar-refractivity contribution is 7.90. The predicted octanol–water partition coefficient (Wildman–Crippen LogP) is 2.98. The minimum absolute atomic E-state index is 0.0681. The van der Waals surface area contributed by atoms with Gasteiger partial charge >= 0.3 is 0 Å². The van der Waals surface area contributed by atoms with Crippen molar-refractivity contribution in [2.24, 2.45) is 0 Å². The van der Waals surface area contributed by atoms with Gasteiger partial charge in [0.25, 0.3) is 0 Å². The van der Waals surface area contributed by atoms with E-state index in [0.29, 0.717) is 5.69 Å². The van der Waals surface area contributed by atoms with Gasteiger partial charge in [0.1, 0.15) is 11.6 Å². The molecule has 2 aromatic rings. The van der Waals surface area contributed by atoms with Crippen LogP contribution < -0.4 is 5.32 Å². The van der Waals surface area contributed by atoms with E-state index in [-0.39, 0.29) is 17.0 Å². The van der Waals surface area contributed by atoms with Crippen LogP contribution >= 0.6 is 0 Å². The van der Waals surface area contributed by atoms with Crippen molar-refractivity contribution in [1.29, 1.82) is 0 Å². The van der Waals surface area contributed by atoms with Crippen molar-refractivity contribution in [3.63, 3.8) is 0 Å². The van der Waals surface area contributed by atoms with Gasteiger partial charge in [0, 0.05) is 24.4 Å². The van der Waals surface area contributed by atoms with Crippen LogP contribution in [0.15, 0.2) is 47.4 Å². The van der Waals surface area contributed by atoms with Crippen LogP contribution in [0.4, 0.5) is 14.5 Å². The van der Waals surface area contributed by atoms with Gasteiger partial charge in [0.2, 0.25) is 0 Å². The second-order valence-corrected chi connectivity index (χ2v) is 6.34.